The molecule has 2 heterocycles. The van der Waals surface area contributed by atoms with Crippen LogP contribution in [0.1, 0.15) is 24.7 Å². The summed E-state index contributed by atoms with van der Waals surface area (Å²) in [5.41, 5.74) is 2.76. The highest BCUT2D eigenvalue weighted by Gasteiger charge is 2.18. The first-order valence-electron chi connectivity index (χ1n) is 8.47. The first-order valence-corrected chi connectivity index (χ1v) is 9.37. The second kappa shape index (κ2) is 8.56. The van der Waals surface area contributed by atoms with Crippen LogP contribution in [0.4, 0.5) is 0 Å². The summed E-state index contributed by atoms with van der Waals surface area (Å²) in [7, 11) is 0. The van der Waals surface area contributed by atoms with Gasteiger partial charge >= 0.3 is 5.97 Å². The fraction of sp³-hybridized carbons (Fsp3) is 0.316. The quantitative estimate of drug-likeness (QED) is 0.491. The van der Waals surface area contributed by atoms with Crippen molar-refractivity contribution in [2.24, 2.45) is 0 Å². The van der Waals surface area contributed by atoms with Crippen LogP contribution in [0.2, 0.25) is 5.02 Å². The molecule has 0 aliphatic heterocycles. The predicted octanol–water partition coefficient (Wildman–Crippen LogP) is 3.93. The fourth-order valence-electron chi connectivity index (χ4n) is 2.76. The molecular formula is C19H20ClN3O2S. The van der Waals surface area contributed by atoms with Crippen molar-refractivity contribution in [2.45, 2.75) is 31.6 Å². The highest BCUT2D eigenvalue weighted by Crippen LogP contribution is 2.19. The summed E-state index contributed by atoms with van der Waals surface area (Å²) in [4.78, 5) is 21.0. The molecular weight excluding hydrogens is 370 g/mol. The smallest absolute Gasteiger partial charge is 0.318 e. The lowest BCUT2D eigenvalue weighted by Crippen LogP contribution is -2.19. The van der Waals surface area contributed by atoms with Gasteiger partial charge in [0.25, 0.3) is 0 Å². The molecule has 3 aromatic rings. The Labute approximate surface area is 162 Å². The van der Waals surface area contributed by atoms with Crippen molar-refractivity contribution in [3.8, 4) is 0 Å². The molecule has 136 valence electrons. The largest absolute Gasteiger partial charge is 0.465 e. The first kappa shape index (κ1) is 18.7. The minimum Gasteiger partial charge on any atom is -0.465 e. The van der Waals surface area contributed by atoms with Gasteiger partial charge in [0, 0.05) is 17.6 Å². The van der Waals surface area contributed by atoms with Gasteiger partial charge in [-0.15, -0.1) is 0 Å². The number of hydrogen-bond donors (Lipinski definition) is 1. The van der Waals surface area contributed by atoms with Gasteiger partial charge in [0.05, 0.1) is 18.4 Å². The summed E-state index contributed by atoms with van der Waals surface area (Å²) in [5, 5.41) is 0.238. The average molecular weight is 390 g/mol. The molecule has 0 spiro atoms. The zero-order valence-corrected chi connectivity index (χ0v) is 16.1. The third-order valence-corrected chi connectivity index (χ3v) is 4.76. The van der Waals surface area contributed by atoms with Crippen LogP contribution < -0.4 is 0 Å². The van der Waals surface area contributed by atoms with Crippen molar-refractivity contribution in [1.82, 2.24) is 14.5 Å². The third-order valence-electron chi connectivity index (χ3n) is 4.04. The molecule has 0 amide bonds. The lowest BCUT2D eigenvalue weighted by atomic mass is 10.2. The van der Waals surface area contributed by atoms with E-state index in [1.165, 1.54) is 0 Å². The van der Waals surface area contributed by atoms with Gasteiger partial charge in [-0.05, 0) is 43.2 Å². The normalized spacial score (nSPS) is 12.3. The summed E-state index contributed by atoms with van der Waals surface area (Å²) in [6.45, 7) is 2.78. The number of carbonyl (C=O) groups excluding carboxylic acids is 1. The van der Waals surface area contributed by atoms with Crippen molar-refractivity contribution in [2.75, 3.05) is 6.61 Å². The molecule has 1 atom stereocenters. The van der Waals surface area contributed by atoms with Gasteiger partial charge in [0.1, 0.15) is 11.3 Å². The van der Waals surface area contributed by atoms with E-state index in [0.29, 0.717) is 31.0 Å². The number of esters is 1. The first-order chi connectivity index (χ1) is 12.6. The zero-order valence-electron chi connectivity index (χ0n) is 14.4. The summed E-state index contributed by atoms with van der Waals surface area (Å²) in [6.07, 6.45) is 2.91. The Morgan fingerprint density at radius 2 is 2.08 bits per heavy atom. The van der Waals surface area contributed by atoms with E-state index in [0.717, 1.165) is 22.6 Å². The number of ether oxygens (including phenoxy) is 1. The molecule has 0 aliphatic rings. The van der Waals surface area contributed by atoms with E-state index in [-0.39, 0.29) is 5.97 Å². The molecule has 26 heavy (non-hydrogen) atoms. The maximum absolute atomic E-state index is 11.8. The van der Waals surface area contributed by atoms with E-state index in [1.54, 1.807) is 13.1 Å². The van der Waals surface area contributed by atoms with E-state index in [1.807, 2.05) is 36.4 Å². The van der Waals surface area contributed by atoms with Gasteiger partial charge in [-0.3, -0.25) is 4.79 Å². The number of aryl methyl sites for hydroxylation is 1. The van der Waals surface area contributed by atoms with E-state index >= 15 is 0 Å². The molecule has 1 aromatic carbocycles. The standard InChI is InChI=1S/C19H20ClN3O2S/c1-2-25-19(24)16(26)9-10-17-22-15-4-3-11-21-18(15)23(17)12-13-5-7-14(20)8-6-13/h3-8,11,16,26H,2,9-10,12H2,1H3. The number of nitrogens with zero attached hydrogens (tertiary/aromatic N) is 3. The Bertz CT molecular complexity index is 895. The summed E-state index contributed by atoms with van der Waals surface area (Å²) >= 11 is 10.3. The molecule has 1 unspecified atom stereocenters. The second-order valence-corrected chi connectivity index (χ2v) is 6.95. The number of carbonyl (C=O) groups is 1. The number of aromatic nitrogens is 3. The number of hydrogen-bond acceptors (Lipinski definition) is 5. The molecule has 0 N–H and O–H groups in total. The predicted molar refractivity (Wildman–Crippen MR) is 106 cm³/mol. The van der Waals surface area contributed by atoms with Crippen LogP contribution in [0.25, 0.3) is 11.2 Å². The van der Waals surface area contributed by atoms with Crippen LogP contribution in [0.15, 0.2) is 42.6 Å². The summed E-state index contributed by atoms with van der Waals surface area (Å²) < 4.78 is 7.09. The van der Waals surface area contributed by atoms with E-state index in [9.17, 15) is 4.79 Å². The van der Waals surface area contributed by atoms with E-state index < -0.39 is 5.25 Å². The highest BCUT2D eigenvalue weighted by atomic mass is 35.5. The fourth-order valence-corrected chi connectivity index (χ4v) is 3.09. The monoisotopic (exact) mass is 389 g/mol. The van der Waals surface area contributed by atoms with E-state index in [4.69, 9.17) is 21.3 Å². The highest BCUT2D eigenvalue weighted by molar-refractivity contribution is 7.81. The van der Waals surface area contributed by atoms with Crippen molar-refractivity contribution in [3.05, 3.63) is 59.0 Å². The summed E-state index contributed by atoms with van der Waals surface area (Å²) in [5.74, 6) is 0.575. The van der Waals surface area contributed by atoms with Crippen molar-refractivity contribution < 1.29 is 9.53 Å². The molecule has 5 nitrogen and oxygen atoms in total. The van der Waals surface area contributed by atoms with Gasteiger partial charge in [0.15, 0.2) is 5.65 Å². The van der Waals surface area contributed by atoms with Crippen LogP contribution in [-0.2, 0) is 22.5 Å². The molecule has 0 radical (unpaired) electrons. The molecule has 0 saturated heterocycles. The molecule has 0 aliphatic carbocycles. The van der Waals surface area contributed by atoms with E-state index in [2.05, 4.69) is 22.2 Å². The van der Waals surface area contributed by atoms with Crippen LogP contribution in [0, 0.1) is 0 Å². The molecule has 2 aromatic heterocycles. The van der Waals surface area contributed by atoms with Gasteiger partial charge in [-0.25, -0.2) is 9.97 Å². The Morgan fingerprint density at radius 3 is 2.81 bits per heavy atom. The van der Waals surface area contributed by atoms with Crippen LogP contribution in [-0.4, -0.2) is 32.4 Å². The maximum atomic E-state index is 11.8. The third kappa shape index (κ3) is 4.37. The molecule has 3 rings (SSSR count). The molecule has 7 heteroatoms. The number of thiol groups is 1. The molecule has 0 bridgehead atoms. The lowest BCUT2D eigenvalue weighted by Gasteiger charge is -2.11. The second-order valence-electron chi connectivity index (χ2n) is 5.89. The Hall–Kier alpha value is -2.05. The molecule has 0 saturated carbocycles. The zero-order chi connectivity index (χ0) is 18.5. The number of pyridine rings is 1. The Balaban J connectivity index is 1.84. The van der Waals surface area contributed by atoms with Gasteiger partial charge in [0.2, 0.25) is 0 Å². The van der Waals surface area contributed by atoms with Crippen LogP contribution >= 0.6 is 24.2 Å². The van der Waals surface area contributed by atoms with Crippen molar-refractivity contribution in [3.63, 3.8) is 0 Å². The van der Waals surface area contributed by atoms with Crippen LogP contribution in [0.3, 0.4) is 0 Å². The number of halogens is 1. The average Bonchev–Trinajstić information content (AvgIpc) is 2.99. The topological polar surface area (TPSA) is 57.0 Å². The number of fused-ring (bicyclic) bond motifs is 1. The number of rotatable bonds is 7. The minimum absolute atomic E-state index is 0.297. The number of imidazole rings is 1. The van der Waals surface area contributed by atoms with Crippen LogP contribution in [0.5, 0.6) is 0 Å². The summed E-state index contributed by atoms with van der Waals surface area (Å²) in [6, 6.07) is 11.5. The number of benzene rings is 1. The maximum Gasteiger partial charge on any atom is 0.318 e. The molecule has 0 fully saturated rings. The van der Waals surface area contributed by atoms with Gasteiger partial charge in [-0.1, -0.05) is 23.7 Å². The lowest BCUT2D eigenvalue weighted by molar-refractivity contribution is -0.142. The Morgan fingerprint density at radius 1 is 1.31 bits per heavy atom. The Kier molecular flexibility index (Phi) is 6.16. The van der Waals surface area contributed by atoms with Crippen molar-refractivity contribution >= 4 is 41.4 Å². The van der Waals surface area contributed by atoms with Gasteiger partial charge < -0.3 is 9.30 Å². The van der Waals surface area contributed by atoms with Crippen molar-refractivity contribution in [1.29, 1.82) is 0 Å². The van der Waals surface area contributed by atoms with Gasteiger partial charge in [-0.2, -0.15) is 12.6 Å². The SMILES string of the molecule is CCOC(=O)C(S)CCc1nc2cccnc2n1Cc1ccc(Cl)cc1. The minimum atomic E-state index is -0.466.